The summed E-state index contributed by atoms with van der Waals surface area (Å²) in [5, 5.41) is 2.73. The molecule has 2 fully saturated rings. The van der Waals surface area contributed by atoms with Crippen molar-refractivity contribution < 1.29 is 14.3 Å². The Morgan fingerprint density at radius 2 is 2.11 bits per heavy atom. The molecule has 2 rings (SSSR count). The van der Waals surface area contributed by atoms with Gasteiger partial charge in [-0.2, -0.15) is 0 Å². The first kappa shape index (κ1) is 14.5. The number of ketones is 1. The normalized spacial score (nSPS) is 30.3. The van der Waals surface area contributed by atoms with E-state index in [9.17, 15) is 9.59 Å². The molecule has 1 saturated carbocycles. The number of nitrogens with one attached hydrogen (secondary N) is 1. The van der Waals surface area contributed by atoms with Gasteiger partial charge >= 0.3 is 0 Å². The lowest BCUT2D eigenvalue weighted by molar-refractivity contribution is -0.127. The zero-order chi connectivity index (χ0) is 13.8. The summed E-state index contributed by atoms with van der Waals surface area (Å²) in [5.74, 6) is 0.273. The predicted molar refractivity (Wildman–Crippen MR) is 71.5 cm³/mol. The van der Waals surface area contributed by atoms with Gasteiger partial charge in [0, 0.05) is 0 Å². The third kappa shape index (κ3) is 3.76. The fourth-order valence-corrected chi connectivity index (χ4v) is 3.01. The first-order chi connectivity index (χ1) is 9.08. The zero-order valence-corrected chi connectivity index (χ0v) is 11.6. The van der Waals surface area contributed by atoms with Crippen molar-refractivity contribution in [3.05, 3.63) is 0 Å². The van der Waals surface area contributed by atoms with Gasteiger partial charge in [-0.25, -0.2) is 0 Å². The van der Waals surface area contributed by atoms with Crippen molar-refractivity contribution in [2.24, 2.45) is 11.7 Å². The Kier molecular flexibility index (Phi) is 4.93. The van der Waals surface area contributed by atoms with E-state index in [2.05, 4.69) is 5.32 Å². The second-order valence-electron chi connectivity index (χ2n) is 5.81. The molecule has 19 heavy (non-hydrogen) atoms. The molecule has 0 bridgehead atoms. The lowest BCUT2D eigenvalue weighted by Crippen LogP contribution is -2.50. The van der Waals surface area contributed by atoms with E-state index in [0.29, 0.717) is 5.92 Å². The van der Waals surface area contributed by atoms with Gasteiger partial charge in [-0.3, -0.25) is 9.59 Å². The van der Waals surface area contributed by atoms with Gasteiger partial charge in [0.1, 0.15) is 12.6 Å². The van der Waals surface area contributed by atoms with Crippen LogP contribution in [0.25, 0.3) is 0 Å². The van der Waals surface area contributed by atoms with E-state index >= 15 is 0 Å². The van der Waals surface area contributed by atoms with Crippen molar-refractivity contribution in [3.8, 4) is 0 Å². The highest BCUT2D eigenvalue weighted by molar-refractivity contribution is 5.93. The van der Waals surface area contributed by atoms with E-state index in [1.807, 2.05) is 0 Å². The lowest BCUT2D eigenvalue weighted by atomic mass is 9.85. The van der Waals surface area contributed by atoms with Gasteiger partial charge < -0.3 is 15.8 Å². The third-order valence-electron chi connectivity index (χ3n) is 4.25. The number of ether oxygens (including phenoxy) is 1. The molecular weight excluding hydrogens is 244 g/mol. The van der Waals surface area contributed by atoms with E-state index in [1.165, 1.54) is 32.1 Å². The number of hydrogen-bond donors (Lipinski definition) is 2. The number of hydrogen-bond acceptors (Lipinski definition) is 4. The van der Waals surface area contributed by atoms with E-state index in [-0.39, 0.29) is 24.4 Å². The summed E-state index contributed by atoms with van der Waals surface area (Å²) in [6, 6.07) is -1.03. The van der Waals surface area contributed by atoms with Crippen LogP contribution in [0.1, 0.15) is 45.4 Å². The van der Waals surface area contributed by atoms with E-state index in [1.54, 1.807) is 6.92 Å². The molecule has 5 heteroatoms. The second-order valence-corrected chi connectivity index (χ2v) is 5.81. The summed E-state index contributed by atoms with van der Waals surface area (Å²) >= 11 is 0. The SMILES string of the molecule is C[C@@H]1OCC(=O)[C@H]1NC(=O)[C@@H](N)CC1CCCCC1. The summed E-state index contributed by atoms with van der Waals surface area (Å²) in [6.45, 7) is 1.88. The average Bonchev–Trinajstić information content (AvgIpc) is 2.71. The average molecular weight is 268 g/mol. The molecule has 0 spiro atoms. The minimum atomic E-state index is -0.523. The smallest absolute Gasteiger partial charge is 0.237 e. The molecule has 1 aliphatic heterocycles. The number of carbonyl (C=O) groups excluding carboxylic acids is 2. The zero-order valence-electron chi connectivity index (χ0n) is 11.6. The van der Waals surface area contributed by atoms with Crippen LogP contribution in [-0.2, 0) is 14.3 Å². The maximum Gasteiger partial charge on any atom is 0.237 e. The van der Waals surface area contributed by atoms with Crippen LogP contribution >= 0.6 is 0 Å². The topological polar surface area (TPSA) is 81.4 Å². The molecule has 1 aliphatic carbocycles. The number of nitrogens with two attached hydrogens (primary N) is 1. The standard InChI is InChI=1S/C14H24N2O3/c1-9-13(12(17)8-19-9)16-14(18)11(15)7-10-5-3-2-4-6-10/h9-11,13H,2-8,15H2,1H3,(H,16,18)/t9-,11-,13-/m0/s1. The van der Waals surface area contributed by atoms with Crippen molar-refractivity contribution in [1.82, 2.24) is 5.32 Å². The van der Waals surface area contributed by atoms with Crippen molar-refractivity contribution in [2.45, 2.75) is 63.6 Å². The van der Waals surface area contributed by atoms with Crippen LogP contribution in [0.3, 0.4) is 0 Å². The van der Waals surface area contributed by atoms with Crippen molar-refractivity contribution >= 4 is 11.7 Å². The quantitative estimate of drug-likeness (QED) is 0.788. The summed E-state index contributed by atoms with van der Waals surface area (Å²) in [4.78, 5) is 23.6. The molecule has 0 aromatic heterocycles. The molecule has 0 aromatic carbocycles. The molecule has 0 radical (unpaired) electrons. The highest BCUT2D eigenvalue weighted by Crippen LogP contribution is 2.27. The molecule has 108 valence electrons. The fourth-order valence-electron chi connectivity index (χ4n) is 3.01. The minimum Gasteiger partial charge on any atom is -0.368 e. The molecule has 1 saturated heterocycles. The molecule has 3 N–H and O–H groups in total. The van der Waals surface area contributed by atoms with Crippen molar-refractivity contribution in [1.29, 1.82) is 0 Å². The highest BCUT2D eigenvalue weighted by atomic mass is 16.5. The number of Topliss-reactive ketones (excluding diaryl/α,β-unsaturated/α-hetero) is 1. The first-order valence-electron chi connectivity index (χ1n) is 7.28. The molecular formula is C14H24N2O3. The Bertz CT molecular complexity index is 340. The van der Waals surface area contributed by atoms with Gasteiger partial charge in [0.25, 0.3) is 0 Å². The van der Waals surface area contributed by atoms with Crippen LogP contribution in [0.5, 0.6) is 0 Å². The Balaban J connectivity index is 1.80. The second kappa shape index (κ2) is 6.48. The number of rotatable bonds is 4. The molecule has 3 atom stereocenters. The predicted octanol–water partition coefficient (Wildman–Crippen LogP) is 0.757. The lowest BCUT2D eigenvalue weighted by Gasteiger charge is -2.25. The van der Waals surface area contributed by atoms with Crippen LogP contribution in [0.15, 0.2) is 0 Å². The summed E-state index contributed by atoms with van der Waals surface area (Å²) < 4.78 is 5.20. The van der Waals surface area contributed by atoms with Gasteiger partial charge in [-0.05, 0) is 19.3 Å². The van der Waals surface area contributed by atoms with E-state index in [4.69, 9.17) is 10.5 Å². The summed E-state index contributed by atoms with van der Waals surface area (Å²) in [6.07, 6.45) is 6.59. The maximum atomic E-state index is 12.0. The van der Waals surface area contributed by atoms with Crippen LogP contribution in [-0.4, -0.2) is 36.5 Å². The van der Waals surface area contributed by atoms with Crippen molar-refractivity contribution in [2.75, 3.05) is 6.61 Å². The molecule has 1 amide bonds. The third-order valence-corrected chi connectivity index (χ3v) is 4.25. The summed E-state index contributed by atoms with van der Waals surface area (Å²) in [7, 11) is 0. The van der Waals surface area contributed by atoms with Crippen LogP contribution in [0.2, 0.25) is 0 Å². The minimum absolute atomic E-state index is 0.0642. The number of carbonyl (C=O) groups is 2. The van der Waals surface area contributed by atoms with Crippen molar-refractivity contribution in [3.63, 3.8) is 0 Å². The Morgan fingerprint density at radius 1 is 1.42 bits per heavy atom. The molecule has 1 heterocycles. The van der Waals surface area contributed by atoms with Crippen LogP contribution < -0.4 is 11.1 Å². The maximum absolute atomic E-state index is 12.0. The highest BCUT2D eigenvalue weighted by Gasteiger charge is 2.35. The molecule has 5 nitrogen and oxygen atoms in total. The number of amides is 1. The molecule has 0 unspecified atom stereocenters. The van der Waals surface area contributed by atoms with Crippen LogP contribution in [0, 0.1) is 5.92 Å². The monoisotopic (exact) mass is 268 g/mol. The van der Waals surface area contributed by atoms with E-state index in [0.717, 1.165) is 6.42 Å². The largest absolute Gasteiger partial charge is 0.368 e. The van der Waals surface area contributed by atoms with E-state index < -0.39 is 12.1 Å². The Morgan fingerprint density at radius 3 is 2.68 bits per heavy atom. The van der Waals surface area contributed by atoms with Crippen LogP contribution in [0.4, 0.5) is 0 Å². The molecule has 0 aromatic rings. The summed E-state index contributed by atoms with van der Waals surface area (Å²) in [5.41, 5.74) is 5.95. The Labute approximate surface area is 114 Å². The van der Waals surface area contributed by atoms with Gasteiger partial charge in [0.05, 0.1) is 12.1 Å². The fraction of sp³-hybridized carbons (Fsp3) is 0.857. The van der Waals surface area contributed by atoms with Gasteiger partial charge in [-0.15, -0.1) is 0 Å². The Hall–Kier alpha value is -0.940. The van der Waals surface area contributed by atoms with Gasteiger partial charge in [0.15, 0.2) is 5.78 Å². The van der Waals surface area contributed by atoms with Gasteiger partial charge in [0.2, 0.25) is 5.91 Å². The first-order valence-corrected chi connectivity index (χ1v) is 7.28. The van der Waals surface area contributed by atoms with Gasteiger partial charge in [-0.1, -0.05) is 32.1 Å². The molecule has 2 aliphatic rings.